The summed E-state index contributed by atoms with van der Waals surface area (Å²) >= 11 is 0. The summed E-state index contributed by atoms with van der Waals surface area (Å²) < 4.78 is 10.2. The van der Waals surface area contributed by atoms with Crippen LogP contribution in [0.1, 0.15) is 24.0 Å². The second-order valence-corrected chi connectivity index (χ2v) is 5.07. The number of hydrogen-bond donors (Lipinski definition) is 1. The van der Waals surface area contributed by atoms with Crippen LogP contribution in [0.5, 0.6) is 5.75 Å². The van der Waals surface area contributed by atoms with E-state index in [1.165, 1.54) is 26.0 Å². The number of hydrogen-bond acceptors (Lipinski definition) is 4. The van der Waals surface area contributed by atoms with Gasteiger partial charge in [-0.15, -0.1) is 0 Å². The molecule has 0 bridgehead atoms. The predicted molar refractivity (Wildman–Crippen MR) is 80.7 cm³/mol. The van der Waals surface area contributed by atoms with Gasteiger partial charge in [0.25, 0.3) is 0 Å². The highest BCUT2D eigenvalue weighted by atomic mass is 16.6. The molecule has 0 spiro atoms. The maximum absolute atomic E-state index is 11.6. The summed E-state index contributed by atoms with van der Waals surface area (Å²) in [5.74, 6) is 0.669. The number of rotatable bonds is 6. The molecule has 4 nitrogen and oxygen atoms in total. The van der Waals surface area contributed by atoms with E-state index in [2.05, 4.69) is 16.9 Å². The van der Waals surface area contributed by atoms with Gasteiger partial charge in [-0.3, -0.25) is 0 Å². The Kier molecular flexibility index (Phi) is 5.17. The van der Waals surface area contributed by atoms with Crippen LogP contribution in [0.4, 0.5) is 0 Å². The van der Waals surface area contributed by atoms with Gasteiger partial charge in [0.2, 0.25) is 5.76 Å². The third-order valence-electron chi connectivity index (χ3n) is 3.28. The number of aliphatic hydroxyl groups is 1. The largest absolute Gasteiger partial charge is 0.463 e. The van der Waals surface area contributed by atoms with Crippen molar-refractivity contribution in [3.63, 3.8) is 0 Å². The van der Waals surface area contributed by atoms with Crippen LogP contribution in [-0.4, -0.2) is 24.8 Å². The maximum atomic E-state index is 11.6. The molecule has 1 aliphatic carbocycles. The van der Waals surface area contributed by atoms with Crippen LogP contribution in [0.2, 0.25) is 0 Å². The predicted octanol–water partition coefficient (Wildman–Crippen LogP) is 2.85. The van der Waals surface area contributed by atoms with Crippen molar-refractivity contribution in [1.82, 2.24) is 0 Å². The molecular weight excluding hydrogens is 268 g/mol. The zero-order valence-electron chi connectivity index (χ0n) is 12.3. The average Bonchev–Trinajstić information content (AvgIpc) is 3.30. The fourth-order valence-electron chi connectivity index (χ4n) is 1.83. The molecule has 1 saturated carbocycles. The third kappa shape index (κ3) is 4.46. The van der Waals surface area contributed by atoms with Crippen molar-refractivity contribution in [3.8, 4) is 5.75 Å². The van der Waals surface area contributed by atoms with Gasteiger partial charge in [-0.2, -0.15) is 0 Å². The van der Waals surface area contributed by atoms with E-state index >= 15 is 0 Å². The molecule has 4 heteroatoms. The van der Waals surface area contributed by atoms with Gasteiger partial charge in [0.15, 0.2) is 0 Å². The molecule has 1 aliphatic rings. The summed E-state index contributed by atoms with van der Waals surface area (Å²) in [4.78, 5) is 11.6. The van der Waals surface area contributed by atoms with E-state index in [4.69, 9.17) is 9.84 Å². The fraction of sp³-hybridized carbons (Fsp3) is 0.353. The van der Waals surface area contributed by atoms with E-state index in [0.29, 0.717) is 11.7 Å². The van der Waals surface area contributed by atoms with Gasteiger partial charge in [-0.25, -0.2) is 4.79 Å². The number of allylic oxidation sites excluding steroid dienone is 1. The molecule has 0 saturated heterocycles. The highest BCUT2D eigenvalue weighted by Crippen LogP contribution is 2.31. The molecule has 112 valence electrons. The van der Waals surface area contributed by atoms with Crippen molar-refractivity contribution in [3.05, 3.63) is 47.2 Å². The van der Waals surface area contributed by atoms with Gasteiger partial charge in [0, 0.05) is 0 Å². The second-order valence-electron chi connectivity index (χ2n) is 5.07. The first kappa shape index (κ1) is 15.3. The monoisotopic (exact) mass is 288 g/mol. The highest BCUT2D eigenvalue weighted by molar-refractivity contribution is 5.86. The molecule has 1 fully saturated rings. The normalized spacial score (nSPS) is 15.3. The number of carbonyl (C=O) groups excluding carboxylic acids is 1. The SMILES string of the molecule is COC(=O)/C(=C/CO)Oc1cc(/C=C/C2CC2)ccc1C. The number of ether oxygens (including phenoxy) is 2. The van der Waals surface area contributed by atoms with Crippen LogP contribution in [0.15, 0.2) is 36.1 Å². The lowest BCUT2D eigenvalue weighted by Crippen LogP contribution is -2.12. The Morgan fingerprint density at radius 1 is 1.43 bits per heavy atom. The van der Waals surface area contributed by atoms with Gasteiger partial charge in [-0.1, -0.05) is 24.3 Å². The van der Waals surface area contributed by atoms with Crippen LogP contribution >= 0.6 is 0 Å². The van der Waals surface area contributed by atoms with Gasteiger partial charge >= 0.3 is 5.97 Å². The van der Waals surface area contributed by atoms with Gasteiger partial charge in [0.1, 0.15) is 5.75 Å². The van der Waals surface area contributed by atoms with Crippen LogP contribution < -0.4 is 4.74 Å². The van der Waals surface area contributed by atoms with Crippen molar-refractivity contribution in [2.24, 2.45) is 5.92 Å². The minimum Gasteiger partial charge on any atom is -0.463 e. The summed E-state index contributed by atoms with van der Waals surface area (Å²) in [7, 11) is 1.28. The molecule has 0 amide bonds. The standard InChI is InChI=1S/C17H20O4/c1-12-3-4-14(8-7-13-5-6-13)11-16(12)21-15(9-10-18)17(19)20-2/h3-4,7-9,11,13,18H,5-6,10H2,1-2H3/b8-7+,15-9-. The molecule has 21 heavy (non-hydrogen) atoms. The van der Waals surface area contributed by atoms with Crippen LogP contribution in [0.3, 0.4) is 0 Å². The quantitative estimate of drug-likeness (QED) is 0.497. The Bertz CT molecular complexity index is 568. The lowest BCUT2D eigenvalue weighted by Gasteiger charge is -2.11. The highest BCUT2D eigenvalue weighted by Gasteiger charge is 2.17. The van der Waals surface area contributed by atoms with E-state index in [-0.39, 0.29) is 12.4 Å². The Balaban J connectivity index is 2.18. The molecule has 0 unspecified atom stereocenters. The fourth-order valence-corrected chi connectivity index (χ4v) is 1.83. The molecule has 1 aromatic carbocycles. The number of aryl methyl sites for hydroxylation is 1. The molecule has 0 radical (unpaired) electrons. The van der Waals surface area contributed by atoms with Crippen LogP contribution in [-0.2, 0) is 9.53 Å². The first-order valence-electron chi connectivity index (χ1n) is 7.00. The molecule has 2 rings (SSSR count). The van der Waals surface area contributed by atoms with E-state index in [9.17, 15) is 4.79 Å². The summed E-state index contributed by atoms with van der Waals surface area (Å²) in [6, 6.07) is 5.83. The molecule has 0 aromatic heterocycles. The minimum atomic E-state index is -0.609. The molecule has 1 aromatic rings. The summed E-state index contributed by atoms with van der Waals surface area (Å²) in [6.45, 7) is 1.61. The Labute approximate surface area is 124 Å². The molecule has 0 heterocycles. The van der Waals surface area contributed by atoms with Crippen LogP contribution in [0, 0.1) is 12.8 Å². The van der Waals surface area contributed by atoms with Crippen molar-refractivity contribution in [1.29, 1.82) is 0 Å². The number of benzene rings is 1. The number of methoxy groups -OCH3 is 1. The van der Waals surface area contributed by atoms with Crippen molar-refractivity contribution in [2.75, 3.05) is 13.7 Å². The van der Waals surface area contributed by atoms with E-state index in [1.807, 2.05) is 25.1 Å². The topological polar surface area (TPSA) is 55.8 Å². The van der Waals surface area contributed by atoms with Gasteiger partial charge < -0.3 is 14.6 Å². The van der Waals surface area contributed by atoms with Gasteiger partial charge in [-0.05, 0) is 49.0 Å². The molecule has 0 aliphatic heterocycles. The zero-order chi connectivity index (χ0) is 15.2. The lowest BCUT2D eigenvalue weighted by atomic mass is 10.1. The second kappa shape index (κ2) is 7.09. The van der Waals surface area contributed by atoms with E-state index in [1.54, 1.807) is 0 Å². The van der Waals surface area contributed by atoms with E-state index in [0.717, 1.165) is 11.1 Å². The van der Waals surface area contributed by atoms with E-state index < -0.39 is 5.97 Å². The van der Waals surface area contributed by atoms with Gasteiger partial charge in [0.05, 0.1) is 13.7 Å². The first-order valence-corrected chi connectivity index (χ1v) is 7.00. The number of carbonyl (C=O) groups is 1. The Morgan fingerprint density at radius 3 is 2.81 bits per heavy atom. The lowest BCUT2D eigenvalue weighted by molar-refractivity contribution is -0.138. The molecule has 0 atom stereocenters. The Hall–Kier alpha value is -2.07. The Morgan fingerprint density at radius 2 is 2.19 bits per heavy atom. The zero-order valence-corrected chi connectivity index (χ0v) is 12.3. The van der Waals surface area contributed by atoms with Crippen molar-refractivity contribution >= 4 is 12.0 Å². The third-order valence-corrected chi connectivity index (χ3v) is 3.28. The smallest absolute Gasteiger partial charge is 0.373 e. The summed E-state index contributed by atoms with van der Waals surface area (Å²) in [6.07, 6.45) is 8.07. The first-order chi connectivity index (χ1) is 10.1. The minimum absolute atomic E-state index is 0.00794. The maximum Gasteiger partial charge on any atom is 0.373 e. The molecular formula is C17H20O4. The summed E-state index contributed by atoms with van der Waals surface area (Å²) in [5.41, 5.74) is 1.93. The molecule has 1 N–H and O–H groups in total. The number of aliphatic hydroxyl groups excluding tert-OH is 1. The summed E-state index contributed by atoms with van der Waals surface area (Å²) in [5, 5.41) is 8.96. The average molecular weight is 288 g/mol. The van der Waals surface area contributed by atoms with Crippen molar-refractivity contribution in [2.45, 2.75) is 19.8 Å². The van der Waals surface area contributed by atoms with Crippen LogP contribution in [0.25, 0.3) is 6.08 Å². The number of esters is 1. The van der Waals surface area contributed by atoms with Crippen molar-refractivity contribution < 1.29 is 19.4 Å².